The summed E-state index contributed by atoms with van der Waals surface area (Å²) >= 11 is 0. The van der Waals surface area contributed by atoms with Gasteiger partial charge in [-0.25, -0.2) is 4.18 Å². The highest BCUT2D eigenvalue weighted by molar-refractivity contribution is 7.80. The number of nitrogens with zero attached hydrogens (tertiary/aromatic N) is 4. The number of hydrogen-bond donors (Lipinski definition) is 2. The molecule has 5 atom stereocenters. The largest absolute Gasteiger partial charge is 0.397 e. The first-order chi connectivity index (χ1) is 16.4. The molecule has 35 heavy (non-hydrogen) atoms. The third-order valence-electron chi connectivity index (χ3n) is 6.88. The molecule has 0 radical (unpaired) electrons. The van der Waals surface area contributed by atoms with E-state index in [0.29, 0.717) is 24.8 Å². The fourth-order valence-corrected chi connectivity index (χ4v) is 5.90. The minimum atomic E-state index is -4.83. The van der Waals surface area contributed by atoms with Gasteiger partial charge >= 0.3 is 10.4 Å². The molecule has 11 heteroatoms. The molecule has 0 aromatic heterocycles. The molecule has 0 bridgehead atoms. The summed E-state index contributed by atoms with van der Waals surface area (Å²) in [6.07, 6.45) is 4.17. The Morgan fingerprint density at radius 2 is 1.91 bits per heavy atom. The molecular formula is C24H37N5O5S. The topological polar surface area (TPSA) is 145 Å². The molecule has 0 unspecified atom stereocenters. The Balaban J connectivity index is 1.90. The number of benzene rings is 1. The SMILES string of the molecule is CC(C)(C)NC(=O)[C@@H]1C[C@@H]2CCCC[C@@H]2CN1C[C@@H](OS(=O)(=O)O)[C@H](Cc1ccccc1)N=[N+]=[N-]. The summed E-state index contributed by atoms with van der Waals surface area (Å²) in [7, 11) is -4.83. The van der Waals surface area contributed by atoms with E-state index in [9.17, 15) is 23.3 Å². The van der Waals surface area contributed by atoms with Gasteiger partial charge in [0, 0.05) is 23.5 Å². The lowest BCUT2D eigenvalue weighted by Gasteiger charge is -2.47. The van der Waals surface area contributed by atoms with E-state index in [0.717, 1.165) is 31.2 Å². The number of carbonyl (C=O) groups is 1. The van der Waals surface area contributed by atoms with E-state index in [4.69, 9.17) is 4.18 Å². The lowest BCUT2D eigenvalue weighted by Crippen LogP contribution is -2.59. The molecule has 1 aromatic carbocycles. The van der Waals surface area contributed by atoms with Crippen LogP contribution in [0.25, 0.3) is 10.4 Å². The van der Waals surface area contributed by atoms with Crippen LogP contribution in [0.3, 0.4) is 0 Å². The van der Waals surface area contributed by atoms with Gasteiger partial charge in [0.1, 0.15) is 6.10 Å². The monoisotopic (exact) mass is 507 g/mol. The van der Waals surface area contributed by atoms with Crippen LogP contribution in [0.4, 0.5) is 0 Å². The van der Waals surface area contributed by atoms with Crippen LogP contribution < -0.4 is 5.32 Å². The number of likely N-dealkylation sites (tertiary alicyclic amines) is 1. The number of rotatable bonds is 9. The number of azide groups is 1. The van der Waals surface area contributed by atoms with E-state index in [2.05, 4.69) is 15.3 Å². The lowest BCUT2D eigenvalue weighted by atomic mass is 9.72. The standard InChI is InChI=1S/C24H37N5O5S/c1-24(2,3)26-23(30)21-14-18-11-7-8-12-19(18)15-29(21)16-22(34-35(31,32)33)20(27-28-25)13-17-9-5-4-6-10-17/h4-6,9-10,18-22H,7-8,11-16H2,1-3H3,(H,26,30)(H,31,32,33)/t18-,19+,20-,21-,22+/m0/s1. The van der Waals surface area contributed by atoms with Crippen molar-refractivity contribution in [3.05, 3.63) is 46.3 Å². The molecule has 10 nitrogen and oxygen atoms in total. The number of amides is 1. The third kappa shape index (κ3) is 8.47. The fourth-order valence-electron chi connectivity index (χ4n) is 5.40. The van der Waals surface area contributed by atoms with Crippen molar-refractivity contribution >= 4 is 16.3 Å². The van der Waals surface area contributed by atoms with Crippen molar-refractivity contribution in [2.75, 3.05) is 13.1 Å². The van der Waals surface area contributed by atoms with Crippen molar-refractivity contribution in [3.63, 3.8) is 0 Å². The van der Waals surface area contributed by atoms with Crippen LogP contribution in [-0.2, 0) is 25.8 Å². The van der Waals surface area contributed by atoms with Gasteiger partial charge in [0.2, 0.25) is 5.91 Å². The highest BCUT2D eigenvalue weighted by Gasteiger charge is 2.42. The van der Waals surface area contributed by atoms with Gasteiger partial charge in [0.15, 0.2) is 0 Å². The summed E-state index contributed by atoms with van der Waals surface area (Å²) in [5, 5.41) is 6.89. The van der Waals surface area contributed by atoms with E-state index in [1.165, 1.54) is 0 Å². The van der Waals surface area contributed by atoms with Crippen LogP contribution in [-0.4, -0.2) is 60.6 Å². The molecule has 3 rings (SSSR count). The number of piperidine rings is 1. The zero-order valence-corrected chi connectivity index (χ0v) is 21.5. The van der Waals surface area contributed by atoms with Gasteiger partial charge in [-0.1, -0.05) is 54.7 Å². The predicted molar refractivity (Wildman–Crippen MR) is 133 cm³/mol. The van der Waals surface area contributed by atoms with Crippen molar-refractivity contribution in [1.82, 2.24) is 10.2 Å². The minimum Gasteiger partial charge on any atom is -0.350 e. The van der Waals surface area contributed by atoms with Gasteiger partial charge in [0.25, 0.3) is 0 Å². The Hall–Kier alpha value is -2.17. The van der Waals surface area contributed by atoms with Crippen molar-refractivity contribution in [1.29, 1.82) is 0 Å². The molecule has 1 aliphatic carbocycles. The number of hydrogen-bond acceptors (Lipinski definition) is 6. The summed E-state index contributed by atoms with van der Waals surface area (Å²) in [5.74, 6) is 0.727. The summed E-state index contributed by atoms with van der Waals surface area (Å²) in [5.41, 5.74) is 9.62. The number of nitrogens with one attached hydrogen (secondary N) is 1. The molecule has 2 fully saturated rings. The molecule has 2 aliphatic rings. The Morgan fingerprint density at radius 1 is 1.26 bits per heavy atom. The zero-order chi connectivity index (χ0) is 25.6. The zero-order valence-electron chi connectivity index (χ0n) is 20.7. The molecule has 1 saturated carbocycles. The average Bonchev–Trinajstić information content (AvgIpc) is 2.76. The number of carbonyl (C=O) groups excluding carboxylic acids is 1. The molecule has 1 saturated heterocycles. The van der Waals surface area contributed by atoms with E-state index >= 15 is 0 Å². The second-order valence-corrected chi connectivity index (χ2v) is 11.8. The van der Waals surface area contributed by atoms with Gasteiger partial charge in [-0.3, -0.25) is 14.2 Å². The normalized spacial score (nSPS) is 25.1. The molecule has 0 spiro atoms. The second-order valence-electron chi connectivity index (χ2n) is 10.8. The molecule has 194 valence electrons. The van der Waals surface area contributed by atoms with E-state index in [1.807, 2.05) is 56.0 Å². The summed E-state index contributed by atoms with van der Waals surface area (Å²) in [4.78, 5) is 18.2. The molecule has 2 N–H and O–H groups in total. The lowest BCUT2D eigenvalue weighted by molar-refractivity contribution is -0.132. The van der Waals surface area contributed by atoms with Gasteiger partial charge in [-0.2, -0.15) is 8.42 Å². The Kier molecular flexibility index (Phi) is 9.17. The molecule has 1 heterocycles. The first kappa shape index (κ1) is 27.4. The van der Waals surface area contributed by atoms with Crippen molar-refractivity contribution in [3.8, 4) is 0 Å². The Bertz CT molecular complexity index is 1010. The average molecular weight is 508 g/mol. The Morgan fingerprint density at radius 3 is 2.51 bits per heavy atom. The maximum atomic E-state index is 13.3. The van der Waals surface area contributed by atoms with Crippen molar-refractivity contribution in [2.45, 2.75) is 83.0 Å². The van der Waals surface area contributed by atoms with Crippen molar-refractivity contribution in [2.24, 2.45) is 17.0 Å². The quantitative estimate of drug-likeness (QED) is 0.224. The fraction of sp³-hybridized carbons (Fsp3) is 0.708. The van der Waals surface area contributed by atoms with Gasteiger partial charge < -0.3 is 5.32 Å². The van der Waals surface area contributed by atoms with E-state index < -0.39 is 34.1 Å². The summed E-state index contributed by atoms with van der Waals surface area (Å²) in [6.45, 7) is 6.41. The van der Waals surface area contributed by atoms with Crippen LogP contribution in [0.15, 0.2) is 35.4 Å². The van der Waals surface area contributed by atoms with E-state index in [1.54, 1.807) is 0 Å². The summed E-state index contributed by atoms with van der Waals surface area (Å²) < 4.78 is 38.2. The van der Waals surface area contributed by atoms with Crippen LogP contribution in [0, 0.1) is 11.8 Å². The maximum absolute atomic E-state index is 13.3. The van der Waals surface area contributed by atoms with Crippen LogP contribution >= 0.6 is 0 Å². The maximum Gasteiger partial charge on any atom is 0.397 e. The van der Waals surface area contributed by atoms with Gasteiger partial charge in [-0.15, -0.1) is 0 Å². The number of fused-ring (bicyclic) bond motifs is 1. The second kappa shape index (κ2) is 11.7. The molecule has 1 aliphatic heterocycles. The van der Waals surface area contributed by atoms with Gasteiger partial charge in [-0.05, 0) is 63.0 Å². The van der Waals surface area contributed by atoms with Gasteiger partial charge in [0.05, 0.1) is 12.1 Å². The van der Waals surface area contributed by atoms with Crippen molar-refractivity contribution < 1.29 is 21.9 Å². The smallest absolute Gasteiger partial charge is 0.350 e. The van der Waals surface area contributed by atoms with Crippen LogP contribution in [0.5, 0.6) is 0 Å². The highest BCUT2D eigenvalue weighted by atomic mass is 32.3. The predicted octanol–water partition coefficient (Wildman–Crippen LogP) is 3.89. The first-order valence-corrected chi connectivity index (χ1v) is 13.6. The summed E-state index contributed by atoms with van der Waals surface area (Å²) in [6, 6.07) is 7.84. The molecule has 1 aromatic rings. The third-order valence-corrected chi connectivity index (χ3v) is 7.37. The highest BCUT2D eigenvalue weighted by Crippen LogP contribution is 2.39. The Labute approximate surface area is 208 Å². The first-order valence-electron chi connectivity index (χ1n) is 12.2. The molecular weight excluding hydrogens is 470 g/mol. The van der Waals surface area contributed by atoms with Crippen LogP contribution in [0.1, 0.15) is 58.4 Å². The molecule has 1 amide bonds. The van der Waals surface area contributed by atoms with Crippen LogP contribution in [0.2, 0.25) is 0 Å². The van der Waals surface area contributed by atoms with E-state index in [-0.39, 0.29) is 18.9 Å². The minimum absolute atomic E-state index is 0.0295.